The number of carbonyl (C=O) groups excluding carboxylic acids is 1. The van der Waals surface area contributed by atoms with Crippen molar-refractivity contribution in [3.63, 3.8) is 0 Å². The standard InChI is InChI=1S/C9H18N2O5S/c1-2-16-9(13)10-17(14,15)11-6-4-3-5-8(11)7-12/h8,12H,2-7H2,1H3,(H,10,13). The highest BCUT2D eigenvalue weighted by atomic mass is 32.2. The Morgan fingerprint density at radius 2 is 2.24 bits per heavy atom. The molecule has 1 atom stereocenters. The molecule has 100 valence electrons. The highest BCUT2D eigenvalue weighted by Crippen LogP contribution is 2.19. The van der Waals surface area contributed by atoms with Crippen LogP contribution in [-0.4, -0.2) is 49.7 Å². The Morgan fingerprint density at radius 3 is 2.82 bits per heavy atom. The van der Waals surface area contributed by atoms with Crippen LogP contribution >= 0.6 is 0 Å². The lowest BCUT2D eigenvalue weighted by molar-refractivity contribution is 0.146. The van der Waals surface area contributed by atoms with Crippen LogP contribution < -0.4 is 4.72 Å². The van der Waals surface area contributed by atoms with Gasteiger partial charge in [-0.1, -0.05) is 6.42 Å². The van der Waals surface area contributed by atoms with E-state index in [1.807, 2.05) is 4.72 Å². The number of aliphatic hydroxyl groups excluding tert-OH is 1. The molecule has 1 rings (SSSR count). The monoisotopic (exact) mass is 266 g/mol. The molecular weight excluding hydrogens is 248 g/mol. The first-order chi connectivity index (χ1) is 8.01. The van der Waals surface area contributed by atoms with Crippen LogP contribution in [0.2, 0.25) is 0 Å². The maximum Gasteiger partial charge on any atom is 0.421 e. The van der Waals surface area contributed by atoms with Gasteiger partial charge in [0.25, 0.3) is 0 Å². The molecule has 1 heterocycles. The fourth-order valence-electron chi connectivity index (χ4n) is 1.80. The Hall–Kier alpha value is -0.860. The molecule has 0 aromatic rings. The first kappa shape index (κ1) is 14.2. The predicted molar refractivity (Wildman–Crippen MR) is 60.5 cm³/mol. The van der Waals surface area contributed by atoms with Crippen LogP contribution in [0, 0.1) is 0 Å². The van der Waals surface area contributed by atoms with E-state index in [9.17, 15) is 13.2 Å². The van der Waals surface area contributed by atoms with Crippen molar-refractivity contribution in [1.82, 2.24) is 9.03 Å². The largest absolute Gasteiger partial charge is 0.449 e. The van der Waals surface area contributed by atoms with Gasteiger partial charge in [-0.25, -0.2) is 9.52 Å². The number of nitrogens with one attached hydrogen (secondary N) is 1. The summed E-state index contributed by atoms with van der Waals surface area (Å²) >= 11 is 0. The molecule has 7 nitrogen and oxygen atoms in total. The number of ether oxygens (including phenoxy) is 1. The molecule has 0 saturated carbocycles. The van der Waals surface area contributed by atoms with Gasteiger partial charge in [0.05, 0.1) is 13.2 Å². The SMILES string of the molecule is CCOC(=O)NS(=O)(=O)N1CCCCC1CO. The summed E-state index contributed by atoms with van der Waals surface area (Å²) in [6.07, 6.45) is 1.20. The van der Waals surface area contributed by atoms with E-state index >= 15 is 0 Å². The van der Waals surface area contributed by atoms with Gasteiger partial charge in [-0.05, 0) is 19.8 Å². The average Bonchev–Trinajstić information content (AvgIpc) is 2.28. The summed E-state index contributed by atoms with van der Waals surface area (Å²) in [7, 11) is -3.92. The van der Waals surface area contributed by atoms with Crippen molar-refractivity contribution in [2.24, 2.45) is 0 Å². The molecule has 17 heavy (non-hydrogen) atoms. The van der Waals surface area contributed by atoms with Crippen LogP contribution in [0.15, 0.2) is 0 Å². The lowest BCUT2D eigenvalue weighted by atomic mass is 10.1. The number of rotatable bonds is 4. The molecular formula is C9H18N2O5S. The molecule has 0 radical (unpaired) electrons. The lowest BCUT2D eigenvalue weighted by Crippen LogP contribution is -2.51. The van der Waals surface area contributed by atoms with E-state index in [2.05, 4.69) is 4.74 Å². The van der Waals surface area contributed by atoms with Crippen molar-refractivity contribution in [1.29, 1.82) is 0 Å². The zero-order valence-corrected chi connectivity index (χ0v) is 10.6. The van der Waals surface area contributed by atoms with Gasteiger partial charge in [0.15, 0.2) is 0 Å². The van der Waals surface area contributed by atoms with E-state index < -0.39 is 22.3 Å². The molecule has 0 aromatic heterocycles. The van der Waals surface area contributed by atoms with Crippen molar-refractivity contribution >= 4 is 16.3 Å². The van der Waals surface area contributed by atoms with E-state index in [0.717, 1.165) is 17.1 Å². The number of carbonyl (C=O) groups is 1. The van der Waals surface area contributed by atoms with Crippen molar-refractivity contribution in [2.45, 2.75) is 32.2 Å². The Morgan fingerprint density at radius 1 is 1.53 bits per heavy atom. The van der Waals surface area contributed by atoms with Gasteiger partial charge in [-0.3, -0.25) is 0 Å². The second kappa shape index (κ2) is 6.18. The Balaban J connectivity index is 2.70. The third-order valence-corrected chi connectivity index (χ3v) is 4.10. The van der Waals surface area contributed by atoms with Gasteiger partial charge in [-0.15, -0.1) is 0 Å². The molecule has 1 aliphatic rings. The summed E-state index contributed by atoms with van der Waals surface area (Å²) in [6.45, 7) is 1.75. The quantitative estimate of drug-likeness (QED) is 0.736. The molecule has 0 aliphatic carbocycles. The van der Waals surface area contributed by atoms with Crippen LogP contribution in [0.3, 0.4) is 0 Å². The van der Waals surface area contributed by atoms with Crippen molar-refractivity contribution in [3.8, 4) is 0 Å². The van der Waals surface area contributed by atoms with Gasteiger partial charge in [0, 0.05) is 12.6 Å². The third-order valence-electron chi connectivity index (χ3n) is 2.58. The van der Waals surface area contributed by atoms with Gasteiger partial charge >= 0.3 is 16.3 Å². The normalized spacial score (nSPS) is 22.1. The third kappa shape index (κ3) is 3.83. The smallest absolute Gasteiger partial charge is 0.421 e. The minimum atomic E-state index is -3.92. The summed E-state index contributed by atoms with van der Waals surface area (Å²) in [6, 6.07) is -0.462. The molecule has 8 heteroatoms. The second-order valence-corrected chi connectivity index (χ2v) is 5.39. The second-order valence-electron chi connectivity index (χ2n) is 3.77. The van der Waals surface area contributed by atoms with Gasteiger partial charge in [0.2, 0.25) is 0 Å². The average molecular weight is 266 g/mol. The van der Waals surface area contributed by atoms with Crippen LogP contribution in [0.4, 0.5) is 4.79 Å². The van der Waals surface area contributed by atoms with E-state index in [-0.39, 0.29) is 13.2 Å². The van der Waals surface area contributed by atoms with E-state index in [0.29, 0.717) is 13.0 Å². The minimum Gasteiger partial charge on any atom is -0.449 e. The number of nitrogens with zero attached hydrogens (tertiary/aromatic N) is 1. The summed E-state index contributed by atoms with van der Waals surface area (Å²) < 4.78 is 31.1. The molecule has 1 aliphatic heterocycles. The fraction of sp³-hybridized carbons (Fsp3) is 0.889. The highest BCUT2D eigenvalue weighted by molar-refractivity contribution is 7.87. The predicted octanol–water partition coefficient (Wildman–Crippen LogP) is -0.176. The molecule has 1 unspecified atom stereocenters. The highest BCUT2D eigenvalue weighted by Gasteiger charge is 2.33. The van der Waals surface area contributed by atoms with Crippen molar-refractivity contribution in [2.75, 3.05) is 19.8 Å². The first-order valence-corrected chi connectivity index (χ1v) is 7.02. The topological polar surface area (TPSA) is 95.9 Å². The summed E-state index contributed by atoms with van der Waals surface area (Å²) in [4.78, 5) is 11.1. The molecule has 0 spiro atoms. The molecule has 1 amide bonds. The minimum absolute atomic E-state index is 0.102. The number of hydrogen-bond acceptors (Lipinski definition) is 5. The molecule has 2 N–H and O–H groups in total. The molecule has 1 saturated heterocycles. The van der Waals surface area contributed by atoms with Gasteiger partial charge in [0.1, 0.15) is 0 Å². The maximum atomic E-state index is 11.8. The number of piperidine rings is 1. The van der Waals surface area contributed by atoms with Gasteiger partial charge < -0.3 is 9.84 Å². The molecule has 0 aromatic carbocycles. The van der Waals surface area contributed by atoms with Crippen LogP contribution in [0.1, 0.15) is 26.2 Å². The summed E-state index contributed by atoms with van der Waals surface area (Å²) in [5.41, 5.74) is 0. The fourth-order valence-corrected chi connectivity index (χ4v) is 3.12. The Kier molecular flexibility index (Phi) is 5.16. The zero-order chi connectivity index (χ0) is 12.9. The van der Waals surface area contributed by atoms with Crippen LogP contribution in [0.5, 0.6) is 0 Å². The zero-order valence-electron chi connectivity index (χ0n) is 9.76. The number of aliphatic hydroxyl groups is 1. The summed E-state index contributed by atoms with van der Waals surface area (Å²) in [5, 5.41) is 9.11. The van der Waals surface area contributed by atoms with E-state index in [1.54, 1.807) is 6.92 Å². The first-order valence-electron chi connectivity index (χ1n) is 5.58. The van der Waals surface area contributed by atoms with E-state index in [1.165, 1.54) is 0 Å². The van der Waals surface area contributed by atoms with Crippen molar-refractivity contribution < 1.29 is 23.1 Å². The van der Waals surface area contributed by atoms with Crippen LogP contribution in [-0.2, 0) is 14.9 Å². The molecule has 0 bridgehead atoms. The van der Waals surface area contributed by atoms with Crippen molar-refractivity contribution in [3.05, 3.63) is 0 Å². The summed E-state index contributed by atoms with van der Waals surface area (Å²) in [5.74, 6) is 0. The Labute approximate surface area is 101 Å². The molecule has 1 fully saturated rings. The number of amides is 1. The Bertz CT molecular complexity index is 356. The lowest BCUT2D eigenvalue weighted by Gasteiger charge is -2.32. The van der Waals surface area contributed by atoms with Gasteiger partial charge in [-0.2, -0.15) is 12.7 Å². The number of hydrogen-bond donors (Lipinski definition) is 2. The van der Waals surface area contributed by atoms with Crippen LogP contribution in [0.25, 0.3) is 0 Å². The van der Waals surface area contributed by atoms with E-state index in [4.69, 9.17) is 5.11 Å². The maximum absolute atomic E-state index is 11.8.